The number of rotatable bonds is 4. The molecule has 1 aliphatic heterocycles. The van der Waals surface area contributed by atoms with Crippen molar-refractivity contribution in [3.63, 3.8) is 0 Å². The Balaban J connectivity index is 2.95. The Hall–Kier alpha value is -1.30. The lowest BCUT2D eigenvalue weighted by Crippen LogP contribution is -2.55. The molecule has 1 aliphatic rings. The average molecular weight is 245 g/mol. The first-order chi connectivity index (χ1) is 8.12. The number of carbonyl (C=O) groups is 2. The molecule has 6 heteroatoms. The van der Waals surface area contributed by atoms with Crippen molar-refractivity contribution in [1.82, 2.24) is 4.90 Å². The molecule has 0 aromatic rings. The van der Waals surface area contributed by atoms with Crippen molar-refractivity contribution >= 4 is 12.1 Å². The minimum atomic E-state index is -1.31. The van der Waals surface area contributed by atoms with E-state index in [1.807, 2.05) is 0 Å². The van der Waals surface area contributed by atoms with Crippen molar-refractivity contribution in [3.05, 3.63) is 0 Å². The van der Waals surface area contributed by atoms with E-state index in [4.69, 9.17) is 9.47 Å². The summed E-state index contributed by atoms with van der Waals surface area (Å²) in [5.74, 6) is -0.523. The van der Waals surface area contributed by atoms with E-state index in [0.29, 0.717) is 26.0 Å². The highest BCUT2D eigenvalue weighted by molar-refractivity contribution is 5.85. The predicted molar refractivity (Wildman–Crippen MR) is 59.3 cm³/mol. The standard InChI is InChI=1S/C11H19NO5/c1-4-16-9(13)11(17-5-2)7-6-8-12(11)10(14)15-3/h4-8H2,1-3H3/t11-/m1/s1. The van der Waals surface area contributed by atoms with Crippen LogP contribution in [-0.2, 0) is 19.0 Å². The van der Waals surface area contributed by atoms with Gasteiger partial charge in [0.05, 0.1) is 13.7 Å². The molecule has 0 aliphatic carbocycles. The monoisotopic (exact) mass is 245 g/mol. The molecule has 1 amide bonds. The van der Waals surface area contributed by atoms with Gasteiger partial charge in [0, 0.05) is 19.6 Å². The van der Waals surface area contributed by atoms with Crippen molar-refractivity contribution in [2.45, 2.75) is 32.4 Å². The first-order valence-electron chi connectivity index (χ1n) is 5.79. The Morgan fingerprint density at radius 3 is 2.53 bits per heavy atom. The van der Waals surface area contributed by atoms with Crippen molar-refractivity contribution in [2.24, 2.45) is 0 Å². The van der Waals surface area contributed by atoms with E-state index in [-0.39, 0.29) is 6.61 Å². The molecule has 0 N–H and O–H groups in total. The summed E-state index contributed by atoms with van der Waals surface area (Å²) < 4.78 is 15.1. The fourth-order valence-corrected chi connectivity index (χ4v) is 2.05. The van der Waals surface area contributed by atoms with Crippen LogP contribution in [0.3, 0.4) is 0 Å². The van der Waals surface area contributed by atoms with Gasteiger partial charge >= 0.3 is 12.1 Å². The van der Waals surface area contributed by atoms with Crippen molar-refractivity contribution in [2.75, 3.05) is 26.9 Å². The SMILES string of the molecule is CCOC(=O)[C@]1(OCC)CCCN1C(=O)OC. The average Bonchev–Trinajstić information content (AvgIpc) is 2.74. The van der Waals surface area contributed by atoms with Gasteiger partial charge in [0.15, 0.2) is 0 Å². The van der Waals surface area contributed by atoms with Gasteiger partial charge in [-0.1, -0.05) is 0 Å². The lowest BCUT2D eigenvalue weighted by Gasteiger charge is -2.34. The summed E-state index contributed by atoms with van der Waals surface area (Å²) in [4.78, 5) is 24.9. The number of carbonyl (C=O) groups excluding carboxylic acids is 2. The molecule has 1 fully saturated rings. The second-order valence-electron chi connectivity index (χ2n) is 3.66. The van der Waals surface area contributed by atoms with Gasteiger partial charge in [-0.15, -0.1) is 0 Å². The topological polar surface area (TPSA) is 65.1 Å². The number of esters is 1. The van der Waals surface area contributed by atoms with Gasteiger partial charge in [-0.05, 0) is 20.3 Å². The summed E-state index contributed by atoms with van der Waals surface area (Å²) in [5.41, 5.74) is -1.31. The number of amides is 1. The highest BCUT2D eigenvalue weighted by Gasteiger charge is 2.52. The summed E-state index contributed by atoms with van der Waals surface area (Å²) in [6.07, 6.45) is 0.562. The number of hydrogen-bond acceptors (Lipinski definition) is 5. The van der Waals surface area contributed by atoms with Crippen molar-refractivity contribution in [3.8, 4) is 0 Å². The van der Waals surface area contributed by atoms with Gasteiger partial charge in [0.25, 0.3) is 0 Å². The summed E-state index contributed by atoms with van der Waals surface area (Å²) in [7, 11) is 1.28. The number of methoxy groups -OCH3 is 1. The normalized spacial score (nSPS) is 23.6. The van der Waals surface area contributed by atoms with Crippen LogP contribution in [0.25, 0.3) is 0 Å². The Morgan fingerprint density at radius 2 is 2.00 bits per heavy atom. The summed E-state index contributed by atoms with van der Waals surface area (Å²) >= 11 is 0. The van der Waals surface area contributed by atoms with Crippen molar-refractivity contribution in [1.29, 1.82) is 0 Å². The molecule has 0 unspecified atom stereocenters. The Labute approximate surface area is 101 Å². The fourth-order valence-electron chi connectivity index (χ4n) is 2.05. The Kier molecular flexibility index (Phi) is 4.74. The fraction of sp³-hybridized carbons (Fsp3) is 0.818. The highest BCUT2D eigenvalue weighted by atomic mass is 16.6. The van der Waals surface area contributed by atoms with Gasteiger partial charge in [-0.25, -0.2) is 9.59 Å². The third kappa shape index (κ3) is 2.52. The highest BCUT2D eigenvalue weighted by Crippen LogP contribution is 2.32. The summed E-state index contributed by atoms with van der Waals surface area (Å²) in [5, 5.41) is 0. The quantitative estimate of drug-likeness (QED) is 0.695. The molecule has 0 aromatic carbocycles. The largest absolute Gasteiger partial charge is 0.462 e. The van der Waals surface area contributed by atoms with Crippen LogP contribution in [0, 0.1) is 0 Å². The molecule has 1 atom stereocenters. The van der Waals surface area contributed by atoms with E-state index in [0.717, 1.165) is 0 Å². The van der Waals surface area contributed by atoms with Crippen LogP contribution in [-0.4, -0.2) is 49.6 Å². The van der Waals surface area contributed by atoms with Gasteiger partial charge < -0.3 is 14.2 Å². The molecule has 1 saturated heterocycles. The summed E-state index contributed by atoms with van der Waals surface area (Å²) in [6.45, 7) is 4.50. The van der Waals surface area contributed by atoms with Crippen LogP contribution in [0.2, 0.25) is 0 Å². The van der Waals surface area contributed by atoms with Crippen LogP contribution in [0.1, 0.15) is 26.7 Å². The third-order valence-electron chi connectivity index (χ3n) is 2.71. The molecule has 6 nitrogen and oxygen atoms in total. The van der Waals surface area contributed by atoms with Gasteiger partial charge in [-0.2, -0.15) is 0 Å². The molecule has 0 aromatic heterocycles. The molecule has 98 valence electrons. The maximum Gasteiger partial charge on any atom is 0.412 e. The predicted octanol–water partition coefficient (Wildman–Crippen LogP) is 1.14. The zero-order valence-electron chi connectivity index (χ0n) is 10.5. The summed E-state index contributed by atoms with van der Waals surface area (Å²) in [6, 6.07) is 0. The Morgan fingerprint density at radius 1 is 1.29 bits per heavy atom. The van der Waals surface area contributed by atoms with E-state index >= 15 is 0 Å². The van der Waals surface area contributed by atoms with Crippen LogP contribution in [0.4, 0.5) is 4.79 Å². The number of likely N-dealkylation sites (tertiary alicyclic amines) is 1. The molecule has 0 saturated carbocycles. The van der Waals surface area contributed by atoms with E-state index in [9.17, 15) is 9.59 Å². The zero-order valence-corrected chi connectivity index (χ0v) is 10.5. The van der Waals surface area contributed by atoms with Crippen LogP contribution in [0.15, 0.2) is 0 Å². The van der Waals surface area contributed by atoms with E-state index in [2.05, 4.69) is 4.74 Å². The molecule has 1 rings (SSSR count). The first-order valence-corrected chi connectivity index (χ1v) is 5.79. The van der Waals surface area contributed by atoms with E-state index in [1.165, 1.54) is 12.0 Å². The number of ether oxygens (including phenoxy) is 3. The van der Waals surface area contributed by atoms with E-state index in [1.54, 1.807) is 13.8 Å². The lowest BCUT2D eigenvalue weighted by molar-refractivity contribution is -0.190. The van der Waals surface area contributed by atoms with E-state index < -0.39 is 17.8 Å². The molecule has 0 bridgehead atoms. The first kappa shape index (κ1) is 13.8. The molecule has 0 spiro atoms. The molecule has 1 heterocycles. The second kappa shape index (κ2) is 5.86. The molecular formula is C11H19NO5. The van der Waals surface area contributed by atoms with Gasteiger partial charge in [-0.3, -0.25) is 4.90 Å². The van der Waals surface area contributed by atoms with Gasteiger partial charge in [0.2, 0.25) is 5.72 Å². The van der Waals surface area contributed by atoms with Crippen LogP contribution >= 0.6 is 0 Å². The molecular weight excluding hydrogens is 226 g/mol. The molecule has 17 heavy (non-hydrogen) atoms. The van der Waals surface area contributed by atoms with Gasteiger partial charge in [0.1, 0.15) is 0 Å². The Bertz CT molecular complexity index is 294. The van der Waals surface area contributed by atoms with Crippen LogP contribution < -0.4 is 0 Å². The zero-order chi connectivity index (χ0) is 12.9. The smallest absolute Gasteiger partial charge is 0.412 e. The maximum atomic E-state index is 12.0. The number of nitrogens with zero attached hydrogens (tertiary/aromatic N) is 1. The number of hydrogen-bond donors (Lipinski definition) is 0. The minimum Gasteiger partial charge on any atom is -0.462 e. The molecule has 0 radical (unpaired) electrons. The van der Waals surface area contributed by atoms with Crippen LogP contribution in [0.5, 0.6) is 0 Å². The minimum absolute atomic E-state index is 0.253. The van der Waals surface area contributed by atoms with Crippen molar-refractivity contribution < 1.29 is 23.8 Å². The maximum absolute atomic E-state index is 12.0. The third-order valence-corrected chi connectivity index (χ3v) is 2.71. The lowest BCUT2D eigenvalue weighted by atomic mass is 10.1. The second-order valence-corrected chi connectivity index (χ2v) is 3.66.